The molecule has 0 aliphatic carbocycles. The van der Waals surface area contributed by atoms with Gasteiger partial charge in [-0.2, -0.15) is 0 Å². The SMILES string of the molecule is CCNC(=O)COCCOCC(=O)CCCO[C@H]1O[C@H](CO[C@H]2O[C@H](CO)[C@@H](O)[C@H](O)[C@@H]2O)[C@@H](O)[C@H](O[C@H]2O[C@H](CO)[C@@H](O)[C@H](O)[C@@H]2O)[C@@H]1O. The van der Waals surface area contributed by atoms with E-state index in [1.54, 1.807) is 6.92 Å². The summed E-state index contributed by atoms with van der Waals surface area (Å²) in [6, 6.07) is 0. The van der Waals surface area contributed by atoms with E-state index < -0.39 is 112 Å². The lowest BCUT2D eigenvalue weighted by Crippen LogP contribution is -2.65. The van der Waals surface area contributed by atoms with Crippen molar-refractivity contribution < 1.29 is 98.5 Å². The van der Waals surface area contributed by atoms with E-state index in [0.29, 0.717) is 6.54 Å². The molecule has 11 N–H and O–H groups in total. The van der Waals surface area contributed by atoms with Gasteiger partial charge in [0.1, 0.15) is 86.5 Å². The zero-order chi connectivity index (χ0) is 37.0. The van der Waals surface area contributed by atoms with Crippen LogP contribution in [0.2, 0.25) is 0 Å². The molecule has 0 unspecified atom stereocenters. The highest BCUT2D eigenvalue weighted by Gasteiger charge is 2.52. The number of nitrogens with one attached hydrogen (secondary N) is 1. The number of ether oxygens (including phenoxy) is 8. The van der Waals surface area contributed by atoms with Gasteiger partial charge in [0.25, 0.3) is 0 Å². The predicted octanol–water partition coefficient (Wildman–Crippen LogP) is -7.03. The van der Waals surface area contributed by atoms with Gasteiger partial charge in [-0.15, -0.1) is 0 Å². The number of hydrogen-bond donors (Lipinski definition) is 11. The van der Waals surface area contributed by atoms with E-state index in [1.165, 1.54) is 0 Å². The summed E-state index contributed by atoms with van der Waals surface area (Å²) in [4.78, 5) is 23.6. The van der Waals surface area contributed by atoms with Crippen LogP contribution in [0.25, 0.3) is 0 Å². The Morgan fingerprint density at radius 1 is 0.620 bits per heavy atom. The van der Waals surface area contributed by atoms with E-state index in [1.807, 2.05) is 0 Å². The number of Topliss-reactive ketones (excluding diaryl/α,β-unsaturated/α-hetero) is 1. The fourth-order valence-electron chi connectivity index (χ4n) is 5.33. The molecule has 3 aliphatic heterocycles. The van der Waals surface area contributed by atoms with Crippen LogP contribution < -0.4 is 5.32 Å². The van der Waals surface area contributed by atoms with Gasteiger partial charge < -0.3 is 94.3 Å². The zero-order valence-corrected chi connectivity index (χ0v) is 27.5. The van der Waals surface area contributed by atoms with E-state index in [4.69, 9.17) is 37.9 Å². The van der Waals surface area contributed by atoms with Crippen molar-refractivity contribution in [1.82, 2.24) is 5.32 Å². The molecule has 3 rings (SSSR count). The minimum absolute atomic E-state index is 0.000347. The molecule has 0 bridgehead atoms. The number of hydrogen-bond acceptors (Lipinski definition) is 20. The summed E-state index contributed by atoms with van der Waals surface area (Å²) in [7, 11) is 0. The maximum atomic E-state index is 12.2. The van der Waals surface area contributed by atoms with E-state index in [9.17, 15) is 60.7 Å². The van der Waals surface area contributed by atoms with Crippen LogP contribution in [-0.4, -0.2) is 214 Å². The molecule has 21 heteroatoms. The third kappa shape index (κ3) is 11.7. The number of carbonyl (C=O) groups excluding carboxylic acids is 2. The molecule has 0 aromatic carbocycles. The van der Waals surface area contributed by atoms with Crippen LogP contribution in [0.3, 0.4) is 0 Å². The van der Waals surface area contributed by atoms with Gasteiger partial charge >= 0.3 is 0 Å². The van der Waals surface area contributed by atoms with E-state index in [2.05, 4.69) is 5.32 Å². The average Bonchev–Trinajstić information content (AvgIpc) is 3.10. The first-order valence-electron chi connectivity index (χ1n) is 16.3. The van der Waals surface area contributed by atoms with Crippen molar-refractivity contribution in [2.45, 2.75) is 112 Å². The van der Waals surface area contributed by atoms with Crippen molar-refractivity contribution in [3.05, 3.63) is 0 Å². The molecule has 3 heterocycles. The summed E-state index contributed by atoms with van der Waals surface area (Å²) in [5.74, 6) is -0.558. The van der Waals surface area contributed by atoms with Gasteiger partial charge in [0.05, 0.1) is 39.6 Å². The van der Waals surface area contributed by atoms with Crippen LogP contribution >= 0.6 is 0 Å². The van der Waals surface area contributed by atoms with Crippen LogP contribution in [0.1, 0.15) is 19.8 Å². The highest BCUT2D eigenvalue weighted by molar-refractivity contribution is 5.79. The van der Waals surface area contributed by atoms with Crippen molar-refractivity contribution in [2.24, 2.45) is 0 Å². The van der Waals surface area contributed by atoms with E-state index >= 15 is 0 Å². The smallest absolute Gasteiger partial charge is 0.245 e. The summed E-state index contributed by atoms with van der Waals surface area (Å²) in [5, 5.41) is 105. The van der Waals surface area contributed by atoms with Crippen LogP contribution in [0.15, 0.2) is 0 Å². The van der Waals surface area contributed by atoms with Crippen molar-refractivity contribution in [3.8, 4) is 0 Å². The molecule has 3 saturated heterocycles. The summed E-state index contributed by atoms with van der Waals surface area (Å²) < 4.78 is 43.5. The second kappa shape index (κ2) is 21.2. The second-order valence-electron chi connectivity index (χ2n) is 11.9. The molecule has 3 aliphatic rings. The van der Waals surface area contributed by atoms with Crippen molar-refractivity contribution in [2.75, 3.05) is 59.4 Å². The Morgan fingerprint density at radius 2 is 1.16 bits per heavy atom. The molecule has 0 saturated carbocycles. The Labute approximate surface area is 287 Å². The van der Waals surface area contributed by atoms with E-state index in [-0.39, 0.29) is 57.6 Å². The van der Waals surface area contributed by atoms with Gasteiger partial charge in [0.15, 0.2) is 24.7 Å². The number of aliphatic hydroxyl groups is 10. The van der Waals surface area contributed by atoms with Gasteiger partial charge in [0, 0.05) is 13.0 Å². The monoisotopic (exact) mass is 733 g/mol. The molecule has 0 radical (unpaired) electrons. The third-order valence-electron chi connectivity index (χ3n) is 8.18. The van der Waals surface area contributed by atoms with Crippen LogP contribution in [0.4, 0.5) is 0 Å². The van der Waals surface area contributed by atoms with Gasteiger partial charge in [-0.05, 0) is 13.3 Å². The largest absolute Gasteiger partial charge is 0.394 e. The molecule has 21 nitrogen and oxygen atoms in total. The number of amides is 1. The molecule has 3 fully saturated rings. The Balaban J connectivity index is 1.58. The van der Waals surface area contributed by atoms with Gasteiger partial charge in [-0.3, -0.25) is 9.59 Å². The summed E-state index contributed by atoms with van der Waals surface area (Å²) in [5.41, 5.74) is 0. The van der Waals surface area contributed by atoms with Crippen LogP contribution in [-0.2, 0) is 47.5 Å². The van der Waals surface area contributed by atoms with Crippen LogP contribution in [0.5, 0.6) is 0 Å². The highest BCUT2D eigenvalue weighted by atomic mass is 16.7. The maximum Gasteiger partial charge on any atom is 0.245 e. The summed E-state index contributed by atoms with van der Waals surface area (Å²) in [6.45, 7) is -0.225. The Morgan fingerprint density at radius 3 is 1.76 bits per heavy atom. The van der Waals surface area contributed by atoms with Crippen molar-refractivity contribution in [3.63, 3.8) is 0 Å². The number of likely N-dealkylation sites (N-methyl/N-ethyl adjacent to an activating group) is 1. The molecular formula is C29H51NO20. The Hall–Kier alpha value is -1.58. The first kappa shape index (κ1) is 42.8. The summed E-state index contributed by atoms with van der Waals surface area (Å²) in [6.07, 6.45) is -24.8. The lowest BCUT2D eigenvalue weighted by Gasteiger charge is -2.46. The Bertz CT molecular complexity index is 1010. The third-order valence-corrected chi connectivity index (χ3v) is 8.18. The summed E-state index contributed by atoms with van der Waals surface area (Å²) >= 11 is 0. The topological polar surface area (TPSA) is 322 Å². The quantitative estimate of drug-likeness (QED) is 0.0518. The lowest BCUT2D eigenvalue weighted by molar-refractivity contribution is -0.366. The normalized spacial score (nSPS) is 39.3. The fourth-order valence-corrected chi connectivity index (χ4v) is 5.33. The molecule has 15 atom stereocenters. The predicted molar refractivity (Wildman–Crippen MR) is 160 cm³/mol. The van der Waals surface area contributed by atoms with Crippen molar-refractivity contribution >= 4 is 11.7 Å². The molecule has 0 aromatic heterocycles. The molecule has 50 heavy (non-hydrogen) atoms. The zero-order valence-electron chi connectivity index (χ0n) is 27.5. The minimum atomic E-state index is -1.89. The number of carbonyl (C=O) groups is 2. The minimum Gasteiger partial charge on any atom is -0.394 e. The molecule has 292 valence electrons. The average molecular weight is 734 g/mol. The fraction of sp³-hybridized carbons (Fsp3) is 0.931. The van der Waals surface area contributed by atoms with Crippen LogP contribution in [0, 0.1) is 0 Å². The highest BCUT2D eigenvalue weighted by Crippen LogP contribution is 2.31. The second-order valence-corrected chi connectivity index (χ2v) is 11.9. The van der Waals surface area contributed by atoms with Gasteiger partial charge in [0.2, 0.25) is 5.91 Å². The number of rotatable bonds is 20. The standard InChI is InChI=1S/C29H51NO20/c1-2-30-17(34)12-44-7-6-43-10-13(33)4-3-5-45-28-25(42)26(50-29-24(41)22(39)19(36)15(9-32)48-29)20(37)16(49-28)11-46-27-23(40)21(38)18(35)14(8-31)47-27/h14-16,18-29,31-32,35-42H,2-12H2,1H3,(H,30,34)/t14-,15-,16-,18-,19-,20-,21+,22+,23+,24+,25+,26+,27+,28+,29-/m1/s1. The van der Waals surface area contributed by atoms with Gasteiger partial charge in [-0.1, -0.05) is 0 Å². The first-order chi connectivity index (χ1) is 23.8. The van der Waals surface area contributed by atoms with Crippen molar-refractivity contribution in [1.29, 1.82) is 0 Å². The maximum absolute atomic E-state index is 12.2. The number of aliphatic hydroxyl groups excluding tert-OH is 10. The Kier molecular flexibility index (Phi) is 18.2. The molecular weight excluding hydrogens is 682 g/mol. The van der Waals surface area contributed by atoms with Gasteiger partial charge in [-0.25, -0.2) is 0 Å². The first-order valence-corrected chi connectivity index (χ1v) is 16.3. The molecule has 0 aromatic rings. The number of ketones is 1. The lowest BCUT2D eigenvalue weighted by atomic mass is 9.96. The molecule has 0 spiro atoms. The van der Waals surface area contributed by atoms with E-state index in [0.717, 1.165) is 0 Å². The molecule has 1 amide bonds.